The van der Waals surface area contributed by atoms with E-state index in [0.717, 1.165) is 87.4 Å². The lowest BCUT2D eigenvalue weighted by atomic mass is 10.0. The second-order valence-electron chi connectivity index (χ2n) is 16.3. The lowest BCUT2D eigenvalue weighted by Crippen LogP contribution is -2.52. The lowest BCUT2D eigenvalue weighted by molar-refractivity contribution is -0.136. The third-order valence-electron chi connectivity index (χ3n) is 12.5. The summed E-state index contributed by atoms with van der Waals surface area (Å²) >= 11 is 0. The van der Waals surface area contributed by atoms with Crippen LogP contribution in [0.4, 0.5) is 11.4 Å². The fourth-order valence-corrected chi connectivity index (χ4v) is 8.82. The lowest BCUT2D eigenvalue weighted by Gasteiger charge is -2.38. The van der Waals surface area contributed by atoms with Crippen molar-refractivity contribution in [1.82, 2.24) is 44.4 Å². The van der Waals surface area contributed by atoms with Crippen LogP contribution >= 0.6 is 0 Å². The van der Waals surface area contributed by atoms with Crippen LogP contribution in [0.1, 0.15) is 70.8 Å². The van der Waals surface area contributed by atoms with Crippen molar-refractivity contribution >= 4 is 51.6 Å². The van der Waals surface area contributed by atoms with Crippen molar-refractivity contribution in [3.05, 3.63) is 77.9 Å². The molecule has 10 rings (SSSR count). The first-order valence-electron chi connectivity index (χ1n) is 20.6. The van der Waals surface area contributed by atoms with Crippen molar-refractivity contribution in [2.45, 2.75) is 57.2 Å². The molecule has 0 radical (unpaired) electrons. The summed E-state index contributed by atoms with van der Waals surface area (Å²) in [5, 5.41) is 15.7. The molecule has 1 atom stereocenters. The largest absolute Gasteiger partial charge is 0.491 e. The predicted molar refractivity (Wildman–Crippen MR) is 215 cm³/mol. The number of amides is 4. The van der Waals surface area contributed by atoms with Crippen molar-refractivity contribution in [2.24, 2.45) is 5.92 Å². The monoisotopic (exact) mass is 785 g/mol. The molecule has 2 aromatic carbocycles. The van der Waals surface area contributed by atoms with E-state index in [1.54, 1.807) is 27.9 Å². The Labute approximate surface area is 335 Å². The maximum Gasteiger partial charge on any atom is 0.261 e. The third-order valence-corrected chi connectivity index (χ3v) is 12.5. The summed E-state index contributed by atoms with van der Waals surface area (Å²) in [7, 11) is 0. The second-order valence-corrected chi connectivity index (χ2v) is 16.3. The van der Waals surface area contributed by atoms with Crippen LogP contribution in [0.25, 0.3) is 16.6 Å². The van der Waals surface area contributed by atoms with Crippen LogP contribution in [-0.2, 0) is 16.1 Å². The zero-order chi connectivity index (χ0) is 39.3. The number of ether oxygens (including phenoxy) is 1. The van der Waals surface area contributed by atoms with Gasteiger partial charge in [-0.25, -0.2) is 9.50 Å². The van der Waals surface area contributed by atoms with Crippen molar-refractivity contribution in [3.8, 4) is 5.75 Å². The molecule has 5 aliphatic rings. The highest BCUT2D eigenvalue weighted by atomic mass is 16.5. The van der Waals surface area contributed by atoms with Gasteiger partial charge in [0.15, 0.2) is 5.65 Å². The van der Waals surface area contributed by atoms with E-state index in [9.17, 15) is 19.2 Å². The number of carbonyl (C=O) groups excluding carboxylic acids is 4. The molecule has 4 amide bonds. The quantitative estimate of drug-likeness (QED) is 0.189. The van der Waals surface area contributed by atoms with Crippen LogP contribution in [0.3, 0.4) is 0 Å². The Balaban J connectivity index is 0.718. The van der Waals surface area contributed by atoms with E-state index < -0.39 is 6.04 Å². The maximum atomic E-state index is 13.4. The zero-order valence-corrected chi connectivity index (χ0v) is 32.4. The Morgan fingerprint density at radius 2 is 1.74 bits per heavy atom. The minimum Gasteiger partial charge on any atom is -0.491 e. The smallest absolute Gasteiger partial charge is 0.261 e. The average Bonchev–Trinajstić information content (AvgIpc) is 3.67. The first kappa shape index (κ1) is 36.5. The van der Waals surface area contributed by atoms with Gasteiger partial charge in [0, 0.05) is 107 Å². The van der Waals surface area contributed by atoms with Gasteiger partial charge in [-0.3, -0.25) is 34.1 Å². The van der Waals surface area contributed by atoms with E-state index >= 15 is 0 Å². The van der Waals surface area contributed by atoms with E-state index in [1.807, 2.05) is 24.3 Å². The molecule has 16 heteroatoms. The molecule has 0 spiro atoms. The van der Waals surface area contributed by atoms with Gasteiger partial charge < -0.3 is 24.8 Å². The van der Waals surface area contributed by atoms with Gasteiger partial charge in [0.1, 0.15) is 17.4 Å². The standard InChI is InChI=1S/C42H47N11O5/c54-38-7-6-36(41(56)46-38)51-24-28-20-31(4-5-32(28)42(51)57)50-18-16-49(17-19-50)15-14-48-12-8-30(9-13-48)53-25-29-21-35(37(22-34(29)47-53)58-26-27-2-3-27)45-40(55)33-23-44-52-11-1-10-43-39(33)52/h1,4-5,10-11,20-23,25,27,30,36H,2-3,6-9,12-19,24,26H2,(H,45,55)(H,46,54,56). The Bertz CT molecular complexity index is 2410. The topological polar surface area (TPSA) is 163 Å². The Morgan fingerprint density at radius 1 is 0.931 bits per heavy atom. The summed E-state index contributed by atoms with van der Waals surface area (Å²) in [5.41, 5.74) is 5.06. The molecule has 3 saturated heterocycles. The number of rotatable bonds is 11. The highest BCUT2D eigenvalue weighted by Crippen LogP contribution is 2.36. The predicted octanol–water partition coefficient (Wildman–Crippen LogP) is 3.34. The van der Waals surface area contributed by atoms with Crippen molar-refractivity contribution in [2.75, 3.05) is 69.2 Å². The summed E-state index contributed by atoms with van der Waals surface area (Å²) in [5.74, 6) is 0.0990. The van der Waals surface area contributed by atoms with Gasteiger partial charge in [-0.2, -0.15) is 10.2 Å². The number of anilines is 2. The number of piperazine rings is 1. The molecule has 4 fully saturated rings. The van der Waals surface area contributed by atoms with Gasteiger partial charge in [0.25, 0.3) is 11.8 Å². The number of nitrogens with zero attached hydrogens (tertiary/aromatic N) is 9. The van der Waals surface area contributed by atoms with E-state index in [0.29, 0.717) is 59.7 Å². The number of likely N-dealkylation sites (tertiary alicyclic amines) is 1. The summed E-state index contributed by atoms with van der Waals surface area (Å²) in [6.07, 6.45) is 12.0. The number of benzene rings is 2. The molecule has 0 bridgehead atoms. The van der Waals surface area contributed by atoms with Crippen LogP contribution in [-0.4, -0.2) is 128 Å². The number of piperidine rings is 2. The van der Waals surface area contributed by atoms with Crippen LogP contribution in [0.2, 0.25) is 0 Å². The highest BCUT2D eigenvalue weighted by molar-refractivity contribution is 6.09. The van der Waals surface area contributed by atoms with Crippen LogP contribution in [0, 0.1) is 5.92 Å². The molecule has 4 aliphatic heterocycles. The van der Waals surface area contributed by atoms with Crippen LogP contribution in [0.15, 0.2) is 61.2 Å². The van der Waals surface area contributed by atoms with Gasteiger partial charge in [-0.1, -0.05) is 0 Å². The van der Waals surface area contributed by atoms with Crippen molar-refractivity contribution in [3.63, 3.8) is 0 Å². The van der Waals surface area contributed by atoms with Gasteiger partial charge in [0.2, 0.25) is 11.8 Å². The Kier molecular flexibility index (Phi) is 9.52. The van der Waals surface area contributed by atoms with Gasteiger partial charge in [-0.15, -0.1) is 0 Å². The molecule has 3 aromatic heterocycles. The van der Waals surface area contributed by atoms with Crippen LogP contribution < -0.4 is 20.3 Å². The molecular weight excluding hydrogens is 739 g/mol. The van der Waals surface area contributed by atoms with Crippen LogP contribution in [0.5, 0.6) is 5.75 Å². The summed E-state index contributed by atoms with van der Waals surface area (Å²) in [4.78, 5) is 64.1. The highest BCUT2D eigenvalue weighted by Gasteiger charge is 2.39. The van der Waals surface area contributed by atoms with E-state index in [4.69, 9.17) is 9.84 Å². The molecule has 58 heavy (non-hydrogen) atoms. The SMILES string of the molecule is O=C1CCC(N2Cc3cc(N4CCN(CCN5CCC(n6cc7cc(NC(=O)c8cnn9cccnc89)c(OCC8CC8)cc7n6)CC5)CC4)ccc3C2=O)C(=O)N1. The number of imide groups is 1. The van der Waals surface area contributed by atoms with E-state index in [1.165, 1.54) is 19.0 Å². The fourth-order valence-electron chi connectivity index (χ4n) is 8.82. The minimum absolute atomic E-state index is 0.137. The number of fused-ring (bicyclic) bond motifs is 3. The number of hydrogen-bond donors (Lipinski definition) is 2. The van der Waals surface area contributed by atoms with Gasteiger partial charge in [0.05, 0.1) is 30.0 Å². The number of carbonyl (C=O) groups is 4. The Morgan fingerprint density at radius 3 is 2.53 bits per heavy atom. The number of hydrogen-bond acceptors (Lipinski definition) is 11. The average molecular weight is 786 g/mol. The molecule has 7 heterocycles. The first-order valence-corrected chi connectivity index (χ1v) is 20.6. The molecule has 300 valence electrons. The molecule has 2 N–H and O–H groups in total. The molecule has 1 saturated carbocycles. The van der Waals surface area contributed by atoms with Gasteiger partial charge >= 0.3 is 0 Å². The molecule has 5 aromatic rings. The minimum atomic E-state index is -0.601. The fraction of sp³-hybridized carbons (Fsp3) is 0.452. The third kappa shape index (κ3) is 7.26. The van der Waals surface area contributed by atoms with Crippen molar-refractivity contribution < 1.29 is 23.9 Å². The molecular formula is C42H47N11O5. The zero-order valence-electron chi connectivity index (χ0n) is 32.4. The second kappa shape index (κ2) is 15.1. The number of nitrogens with one attached hydrogen (secondary N) is 2. The first-order chi connectivity index (χ1) is 28.3. The Hall–Kier alpha value is -5.87. The summed E-state index contributed by atoms with van der Waals surface area (Å²) < 4.78 is 9.94. The molecule has 1 aliphatic carbocycles. The van der Waals surface area contributed by atoms with Gasteiger partial charge in [-0.05, 0) is 73.9 Å². The maximum absolute atomic E-state index is 13.4. The number of aromatic nitrogens is 5. The van der Waals surface area contributed by atoms with Crippen molar-refractivity contribution in [1.29, 1.82) is 0 Å². The van der Waals surface area contributed by atoms with E-state index in [-0.39, 0.29) is 30.0 Å². The summed E-state index contributed by atoms with van der Waals surface area (Å²) in [6.45, 7) is 8.84. The molecule has 1 unspecified atom stereocenters. The summed E-state index contributed by atoms with van der Waals surface area (Å²) in [6, 6.07) is 11.4. The van der Waals surface area contributed by atoms with E-state index in [2.05, 4.69) is 52.4 Å². The molecule has 16 nitrogen and oxygen atoms in total. The normalized spacial score (nSPS) is 20.9.